The SMILES string of the molecule is C[C@H](C#Cc1ccccc1)[N+](C)(C)C. The molecule has 74 valence electrons. The fourth-order valence-electron chi connectivity index (χ4n) is 0.903. The summed E-state index contributed by atoms with van der Waals surface area (Å²) in [6, 6.07) is 10.5. The molecule has 0 heterocycles. The number of rotatable bonds is 1. The van der Waals surface area contributed by atoms with Gasteiger partial charge in [-0.05, 0) is 25.0 Å². The fraction of sp³-hybridized carbons (Fsp3) is 0.385. The highest BCUT2D eigenvalue weighted by Crippen LogP contribution is 2.01. The van der Waals surface area contributed by atoms with E-state index >= 15 is 0 Å². The average Bonchev–Trinajstić information content (AvgIpc) is 2.14. The van der Waals surface area contributed by atoms with E-state index in [1.807, 2.05) is 30.3 Å². The van der Waals surface area contributed by atoms with E-state index in [2.05, 4.69) is 39.9 Å². The van der Waals surface area contributed by atoms with Gasteiger partial charge in [0.05, 0.1) is 21.1 Å². The Morgan fingerprint density at radius 2 is 1.64 bits per heavy atom. The van der Waals surface area contributed by atoms with Crippen molar-refractivity contribution in [2.24, 2.45) is 0 Å². The minimum Gasteiger partial charge on any atom is -0.319 e. The van der Waals surface area contributed by atoms with Gasteiger partial charge in [-0.15, -0.1) is 0 Å². The van der Waals surface area contributed by atoms with Crippen LogP contribution in [0.1, 0.15) is 12.5 Å². The second kappa shape index (κ2) is 4.30. The molecule has 0 radical (unpaired) electrons. The minimum absolute atomic E-state index is 0.357. The lowest BCUT2D eigenvalue weighted by atomic mass is 10.2. The number of hydrogen-bond donors (Lipinski definition) is 0. The van der Waals surface area contributed by atoms with Crippen LogP contribution in [0, 0.1) is 11.8 Å². The average molecular weight is 188 g/mol. The lowest BCUT2D eigenvalue weighted by molar-refractivity contribution is -0.885. The highest BCUT2D eigenvalue weighted by molar-refractivity contribution is 5.34. The predicted octanol–water partition coefficient (Wildman–Crippen LogP) is 2.13. The third-order valence-electron chi connectivity index (χ3n) is 2.36. The molecule has 0 spiro atoms. The van der Waals surface area contributed by atoms with E-state index in [1.165, 1.54) is 0 Å². The predicted molar refractivity (Wildman–Crippen MR) is 60.8 cm³/mol. The molecule has 0 bridgehead atoms. The minimum atomic E-state index is 0.357. The largest absolute Gasteiger partial charge is 0.319 e. The zero-order valence-electron chi connectivity index (χ0n) is 9.41. The second-order valence-corrected chi connectivity index (χ2v) is 4.43. The molecule has 0 unspecified atom stereocenters. The van der Waals surface area contributed by atoms with Crippen LogP contribution in [0.3, 0.4) is 0 Å². The number of nitrogens with zero attached hydrogens (tertiary/aromatic N) is 1. The van der Waals surface area contributed by atoms with Gasteiger partial charge in [0.15, 0.2) is 0 Å². The summed E-state index contributed by atoms with van der Waals surface area (Å²) in [5.41, 5.74) is 1.09. The van der Waals surface area contributed by atoms with E-state index < -0.39 is 0 Å². The van der Waals surface area contributed by atoms with Crippen LogP contribution < -0.4 is 0 Å². The Morgan fingerprint density at radius 1 is 1.07 bits per heavy atom. The van der Waals surface area contributed by atoms with Gasteiger partial charge in [0.25, 0.3) is 0 Å². The van der Waals surface area contributed by atoms with Gasteiger partial charge in [-0.1, -0.05) is 24.1 Å². The molecule has 1 aromatic carbocycles. The van der Waals surface area contributed by atoms with E-state index in [1.54, 1.807) is 0 Å². The summed E-state index contributed by atoms with van der Waals surface area (Å²) >= 11 is 0. The fourth-order valence-corrected chi connectivity index (χ4v) is 0.903. The Hall–Kier alpha value is -1.26. The Labute approximate surface area is 87.0 Å². The van der Waals surface area contributed by atoms with Crippen LogP contribution in [0.4, 0.5) is 0 Å². The molecule has 1 atom stereocenters. The van der Waals surface area contributed by atoms with E-state index in [-0.39, 0.29) is 0 Å². The van der Waals surface area contributed by atoms with Crippen molar-refractivity contribution in [3.8, 4) is 11.8 Å². The maximum absolute atomic E-state index is 3.26. The topological polar surface area (TPSA) is 0 Å². The molecule has 1 rings (SSSR count). The van der Waals surface area contributed by atoms with E-state index in [4.69, 9.17) is 0 Å². The van der Waals surface area contributed by atoms with Crippen LogP contribution >= 0.6 is 0 Å². The van der Waals surface area contributed by atoms with Gasteiger partial charge >= 0.3 is 0 Å². The molecule has 0 fully saturated rings. The zero-order chi connectivity index (χ0) is 10.6. The van der Waals surface area contributed by atoms with Crippen molar-refractivity contribution in [3.63, 3.8) is 0 Å². The highest BCUT2D eigenvalue weighted by Gasteiger charge is 2.14. The summed E-state index contributed by atoms with van der Waals surface area (Å²) in [6.45, 7) is 2.15. The van der Waals surface area contributed by atoms with Crippen LogP contribution in [-0.2, 0) is 0 Å². The van der Waals surface area contributed by atoms with E-state index in [0.29, 0.717) is 6.04 Å². The smallest absolute Gasteiger partial charge is 0.147 e. The monoisotopic (exact) mass is 188 g/mol. The summed E-state index contributed by atoms with van der Waals surface area (Å²) in [6.07, 6.45) is 0. The van der Waals surface area contributed by atoms with Crippen molar-refractivity contribution < 1.29 is 4.48 Å². The van der Waals surface area contributed by atoms with E-state index in [9.17, 15) is 0 Å². The first-order valence-corrected chi connectivity index (χ1v) is 4.88. The molecule has 1 nitrogen and oxygen atoms in total. The van der Waals surface area contributed by atoms with Crippen LogP contribution in [-0.4, -0.2) is 31.7 Å². The molecule has 0 aromatic heterocycles. The van der Waals surface area contributed by atoms with Crippen molar-refractivity contribution in [3.05, 3.63) is 35.9 Å². The van der Waals surface area contributed by atoms with Crippen LogP contribution in [0.25, 0.3) is 0 Å². The summed E-state index contributed by atoms with van der Waals surface area (Å²) in [5, 5.41) is 0. The van der Waals surface area contributed by atoms with Crippen molar-refractivity contribution in [2.75, 3.05) is 21.1 Å². The van der Waals surface area contributed by atoms with Gasteiger partial charge in [0, 0.05) is 5.56 Å². The quantitative estimate of drug-likeness (QED) is 0.468. The lowest BCUT2D eigenvalue weighted by Gasteiger charge is -2.27. The molecule has 0 amide bonds. The number of quaternary nitrogens is 1. The molecule has 0 saturated heterocycles. The standard InChI is InChI=1S/C13H18N/c1-12(14(2,3)4)10-11-13-8-6-5-7-9-13/h5-9,12H,1-4H3/q+1/t12-/m1/s1. The molecule has 14 heavy (non-hydrogen) atoms. The first-order valence-electron chi connectivity index (χ1n) is 4.88. The second-order valence-electron chi connectivity index (χ2n) is 4.43. The first kappa shape index (κ1) is 10.8. The number of hydrogen-bond acceptors (Lipinski definition) is 0. The zero-order valence-corrected chi connectivity index (χ0v) is 9.41. The Morgan fingerprint density at radius 3 is 2.14 bits per heavy atom. The summed E-state index contributed by atoms with van der Waals surface area (Å²) < 4.78 is 0.875. The first-order chi connectivity index (χ1) is 6.50. The Balaban J connectivity index is 2.74. The summed E-state index contributed by atoms with van der Waals surface area (Å²) in [5.74, 6) is 6.45. The van der Waals surface area contributed by atoms with Crippen LogP contribution in [0.2, 0.25) is 0 Å². The van der Waals surface area contributed by atoms with Gasteiger partial charge in [-0.3, -0.25) is 0 Å². The van der Waals surface area contributed by atoms with Gasteiger partial charge in [-0.25, -0.2) is 0 Å². The van der Waals surface area contributed by atoms with Crippen molar-refractivity contribution in [2.45, 2.75) is 13.0 Å². The third kappa shape index (κ3) is 3.24. The lowest BCUT2D eigenvalue weighted by Crippen LogP contribution is -2.42. The maximum atomic E-state index is 3.26. The molecule has 1 aromatic rings. The van der Waals surface area contributed by atoms with Crippen molar-refractivity contribution >= 4 is 0 Å². The van der Waals surface area contributed by atoms with Gasteiger partial charge in [0.1, 0.15) is 6.04 Å². The molecule has 1 heteroatoms. The molecule has 0 N–H and O–H groups in total. The van der Waals surface area contributed by atoms with Gasteiger partial charge in [-0.2, -0.15) is 0 Å². The molecule has 0 saturated carbocycles. The Bertz CT molecular complexity index is 335. The summed E-state index contributed by atoms with van der Waals surface area (Å²) in [4.78, 5) is 0. The molecule has 0 aliphatic rings. The molecule has 0 aliphatic carbocycles. The van der Waals surface area contributed by atoms with Gasteiger partial charge in [0.2, 0.25) is 0 Å². The highest BCUT2D eigenvalue weighted by atomic mass is 15.3. The van der Waals surface area contributed by atoms with Crippen LogP contribution in [0.15, 0.2) is 30.3 Å². The van der Waals surface area contributed by atoms with Gasteiger partial charge < -0.3 is 4.48 Å². The normalized spacial score (nSPS) is 12.9. The van der Waals surface area contributed by atoms with Crippen molar-refractivity contribution in [1.82, 2.24) is 0 Å². The number of benzene rings is 1. The Kier molecular flexibility index (Phi) is 3.33. The summed E-state index contributed by atoms with van der Waals surface area (Å²) in [7, 11) is 6.47. The van der Waals surface area contributed by atoms with Crippen LogP contribution in [0.5, 0.6) is 0 Å². The molecular formula is C13H18N+. The molecule has 0 aliphatic heterocycles. The maximum Gasteiger partial charge on any atom is 0.147 e. The molecular weight excluding hydrogens is 170 g/mol. The van der Waals surface area contributed by atoms with Crippen molar-refractivity contribution in [1.29, 1.82) is 0 Å². The van der Waals surface area contributed by atoms with E-state index in [0.717, 1.165) is 10.0 Å². The third-order valence-corrected chi connectivity index (χ3v) is 2.36.